The van der Waals surface area contributed by atoms with Crippen molar-refractivity contribution < 1.29 is 14.3 Å². The predicted octanol–water partition coefficient (Wildman–Crippen LogP) is 2.91. The minimum Gasteiger partial charge on any atom is -0.486 e. The lowest BCUT2D eigenvalue weighted by Crippen LogP contribution is -2.22. The maximum atomic E-state index is 12.9. The van der Waals surface area contributed by atoms with E-state index in [1.807, 2.05) is 48.5 Å². The molecule has 0 radical (unpaired) electrons. The summed E-state index contributed by atoms with van der Waals surface area (Å²) in [5, 5.41) is 2.71. The topological polar surface area (TPSA) is 74.5 Å². The second-order valence-electron chi connectivity index (χ2n) is 6.66. The van der Waals surface area contributed by atoms with Gasteiger partial charge in [-0.25, -0.2) is 4.68 Å². The van der Waals surface area contributed by atoms with Gasteiger partial charge >= 0.3 is 0 Å². The average Bonchev–Trinajstić information content (AvgIpc) is 2.96. The van der Waals surface area contributed by atoms with E-state index in [4.69, 9.17) is 9.47 Å². The Kier molecular flexibility index (Phi) is 4.95. The average molecular weight is 391 g/mol. The van der Waals surface area contributed by atoms with E-state index in [2.05, 4.69) is 5.32 Å². The minimum absolute atomic E-state index is 0.258. The molecule has 0 spiro atoms. The third-order valence-electron chi connectivity index (χ3n) is 4.80. The van der Waals surface area contributed by atoms with E-state index in [0.717, 1.165) is 11.3 Å². The van der Waals surface area contributed by atoms with E-state index in [9.17, 15) is 9.59 Å². The molecule has 1 aromatic heterocycles. The molecular formula is C22H21N3O4. The number of carbonyl (C=O) groups excluding carboxylic acids is 1. The van der Waals surface area contributed by atoms with Gasteiger partial charge < -0.3 is 14.8 Å². The van der Waals surface area contributed by atoms with E-state index in [1.165, 1.54) is 10.8 Å². The van der Waals surface area contributed by atoms with E-state index in [1.54, 1.807) is 24.7 Å². The fraction of sp³-hybridized carbons (Fsp3) is 0.182. The number of ether oxygens (including phenoxy) is 2. The molecule has 0 saturated carbocycles. The fourth-order valence-electron chi connectivity index (χ4n) is 3.21. The first-order valence-electron chi connectivity index (χ1n) is 9.27. The van der Waals surface area contributed by atoms with E-state index in [-0.39, 0.29) is 17.2 Å². The van der Waals surface area contributed by atoms with Gasteiger partial charge in [-0.1, -0.05) is 24.3 Å². The number of nitrogens with one attached hydrogen (secondary N) is 1. The molecular weight excluding hydrogens is 370 g/mol. The summed E-state index contributed by atoms with van der Waals surface area (Å²) in [7, 11) is 1.78. The molecule has 0 bridgehead atoms. The Labute approximate surface area is 167 Å². The molecule has 4 rings (SSSR count). The van der Waals surface area contributed by atoms with Crippen molar-refractivity contribution in [3.05, 3.63) is 76.2 Å². The van der Waals surface area contributed by atoms with Crippen LogP contribution in [0.1, 0.15) is 11.3 Å². The van der Waals surface area contributed by atoms with E-state index < -0.39 is 0 Å². The smallest absolute Gasteiger partial charge is 0.295 e. The number of anilines is 1. The zero-order valence-electron chi connectivity index (χ0n) is 16.2. The third-order valence-corrected chi connectivity index (χ3v) is 4.80. The van der Waals surface area contributed by atoms with Crippen molar-refractivity contribution in [2.24, 2.45) is 7.05 Å². The molecule has 7 nitrogen and oxygen atoms in total. The van der Waals surface area contributed by atoms with Crippen LogP contribution < -0.4 is 20.3 Å². The van der Waals surface area contributed by atoms with Crippen LogP contribution in [0, 0.1) is 6.92 Å². The van der Waals surface area contributed by atoms with Crippen LogP contribution in [0.3, 0.4) is 0 Å². The summed E-state index contributed by atoms with van der Waals surface area (Å²) in [6.07, 6.45) is 3.06. The lowest BCUT2D eigenvalue weighted by Gasteiger charge is -2.18. The maximum absolute atomic E-state index is 12.9. The van der Waals surface area contributed by atoms with Gasteiger partial charge in [-0.2, -0.15) is 0 Å². The van der Waals surface area contributed by atoms with Crippen molar-refractivity contribution >= 4 is 17.7 Å². The van der Waals surface area contributed by atoms with Gasteiger partial charge in [0.2, 0.25) is 5.91 Å². The van der Waals surface area contributed by atoms with Crippen molar-refractivity contribution in [3.63, 3.8) is 0 Å². The van der Waals surface area contributed by atoms with Crippen LogP contribution in [-0.4, -0.2) is 28.5 Å². The Bertz CT molecular complexity index is 1140. The molecule has 0 aliphatic carbocycles. The molecule has 1 aliphatic rings. The Morgan fingerprint density at radius 2 is 1.79 bits per heavy atom. The van der Waals surface area contributed by atoms with Crippen LogP contribution in [0.15, 0.2) is 59.4 Å². The standard InChI is InChI=1S/C22H21N3O4/c1-15-21(22(27)25(24(15)2)17-6-4-3-5-7-17)23-20(26)11-9-16-8-10-18-19(14-16)29-13-12-28-18/h3-11,14H,12-13H2,1-2H3,(H,23,26)/b11-9+. The van der Waals surface area contributed by atoms with Gasteiger partial charge in [0.15, 0.2) is 11.5 Å². The summed E-state index contributed by atoms with van der Waals surface area (Å²) < 4.78 is 14.3. The van der Waals surface area contributed by atoms with Crippen LogP contribution in [-0.2, 0) is 11.8 Å². The Hall–Kier alpha value is -3.74. The number of amides is 1. The van der Waals surface area contributed by atoms with Crippen molar-refractivity contribution in [1.82, 2.24) is 9.36 Å². The van der Waals surface area contributed by atoms with Gasteiger partial charge in [0.05, 0.1) is 11.4 Å². The predicted molar refractivity (Wildman–Crippen MR) is 111 cm³/mol. The van der Waals surface area contributed by atoms with Crippen LogP contribution in [0.4, 0.5) is 5.69 Å². The van der Waals surface area contributed by atoms with Crippen LogP contribution in [0.5, 0.6) is 11.5 Å². The summed E-state index contributed by atoms with van der Waals surface area (Å²) in [6, 6.07) is 14.8. The highest BCUT2D eigenvalue weighted by atomic mass is 16.6. The Morgan fingerprint density at radius 1 is 1.07 bits per heavy atom. The van der Waals surface area contributed by atoms with Crippen molar-refractivity contribution in [1.29, 1.82) is 0 Å². The quantitative estimate of drug-likeness (QED) is 0.694. The monoisotopic (exact) mass is 391 g/mol. The second-order valence-corrected chi connectivity index (χ2v) is 6.66. The molecule has 0 unspecified atom stereocenters. The molecule has 148 valence electrons. The van der Waals surface area contributed by atoms with Gasteiger partial charge in [-0.15, -0.1) is 0 Å². The van der Waals surface area contributed by atoms with Gasteiger partial charge in [0.25, 0.3) is 5.56 Å². The minimum atomic E-state index is -0.383. The highest BCUT2D eigenvalue weighted by Gasteiger charge is 2.17. The number of fused-ring (bicyclic) bond motifs is 1. The molecule has 0 fully saturated rings. The molecule has 0 saturated heterocycles. The van der Waals surface area contributed by atoms with Gasteiger partial charge in [0, 0.05) is 13.1 Å². The first kappa shape index (κ1) is 18.6. The van der Waals surface area contributed by atoms with E-state index in [0.29, 0.717) is 30.4 Å². The summed E-state index contributed by atoms with van der Waals surface area (Å²) in [4.78, 5) is 25.3. The Morgan fingerprint density at radius 3 is 2.55 bits per heavy atom. The highest BCUT2D eigenvalue weighted by molar-refractivity contribution is 6.02. The molecule has 1 amide bonds. The number of aromatic nitrogens is 2. The zero-order chi connectivity index (χ0) is 20.4. The summed E-state index contributed by atoms with van der Waals surface area (Å²) >= 11 is 0. The van der Waals surface area contributed by atoms with Crippen LogP contribution in [0.2, 0.25) is 0 Å². The van der Waals surface area contributed by atoms with Crippen molar-refractivity contribution in [2.75, 3.05) is 18.5 Å². The Balaban J connectivity index is 1.55. The van der Waals surface area contributed by atoms with E-state index >= 15 is 0 Å². The molecule has 2 aromatic carbocycles. The largest absolute Gasteiger partial charge is 0.486 e. The number of rotatable bonds is 4. The normalized spacial score (nSPS) is 12.9. The first-order valence-corrected chi connectivity index (χ1v) is 9.27. The lowest BCUT2D eigenvalue weighted by atomic mass is 10.2. The van der Waals surface area contributed by atoms with Gasteiger partial charge in [-0.3, -0.25) is 14.3 Å². The summed E-state index contributed by atoms with van der Waals surface area (Å²) in [5.74, 6) is 0.966. The van der Waals surface area contributed by atoms with Crippen molar-refractivity contribution in [3.8, 4) is 17.2 Å². The highest BCUT2D eigenvalue weighted by Crippen LogP contribution is 2.31. The SMILES string of the molecule is Cc1c(NC(=O)/C=C/c2ccc3c(c2)OCCO3)c(=O)n(-c2ccccc2)n1C. The number of carbonyl (C=O) groups is 1. The van der Waals surface area contributed by atoms with Crippen LogP contribution >= 0.6 is 0 Å². The van der Waals surface area contributed by atoms with Gasteiger partial charge in [0.1, 0.15) is 18.9 Å². The van der Waals surface area contributed by atoms with Gasteiger partial charge in [-0.05, 0) is 42.8 Å². The zero-order valence-corrected chi connectivity index (χ0v) is 16.2. The number of benzene rings is 2. The van der Waals surface area contributed by atoms with Crippen LogP contribution in [0.25, 0.3) is 11.8 Å². The summed E-state index contributed by atoms with van der Waals surface area (Å²) in [5.41, 5.74) is 2.18. The number of para-hydroxylation sites is 1. The molecule has 0 atom stereocenters. The molecule has 2 heterocycles. The first-order chi connectivity index (χ1) is 14.0. The second kappa shape index (κ2) is 7.71. The number of nitrogens with zero attached hydrogens (tertiary/aromatic N) is 2. The molecule has 1 N–H and O–H groups in total. The lowest BCUT2D eigenvalue weighted by molar-refractivity contribution is -0.111. The number of hydrogen-bond acceptors (Lipinski definition) is 4. The molecule has 1 aliphatic heterocycles. The molecule has 7 heteroatoms. The molecule has 29 heavy (non-hydrogen) atoms. The summed E-state index contributed by atoms with van der Waals surface area (Å²) in [6.45, 7) is 2.82. The molecule has 3 aromatic rings. The maximum Gasteiger partial charge on any atom is 0.295 e. The third kappa shape index (κ3) is 3.67. The van der Waals surface area contributed by atoms with Crippen molar-refractivity contribution in [2.45, 2.75) is 6.92 Å². The fourth-order valence-corrected chi connectivity index (χ4v) is 3.21. The number of hydrogen-bond donors (Lipinski definition) is 1.